The Hall–Kier alpha value is -3.07. The molecule has 2 saturated heterocycles. The minimum atomic E-state index is -4.34. The van der Waals surface area contributed by atoms with E-state index in [1.54, 1.807) is 45.0 Å². The van der Waals surface area contributed by atoms with Crippen LogP contribution < -0.4 is 0 Å². The van der Waals surface area contributed by atoms with Crippen molar-refractivity contribution in [3.63, 3.8) is 0 Å². The summed E-state index contributed by atoms with van der Waals surface area (Å²) in [7, 11) is 0. The zero-order valence-corrected chi connectivity index (χ0v) is 21.4. The van der Waals surface area contributed by atoms with Gasteiger partial charge in [0.15, 0.2) is 0 Å². The van der Waals surface area contributed by atoms with Crippen LogP contribution >= 0.6 is 0 Å². The molecule has 0 bridgehead atoms. The van der Waals surface area contributed by atoms with Crippen LogP contribution in [0.5, 0.6) is 0 Å². The number of aliphatic hydroxyl groups is 1. The number of nitrogens with zero attached hydrogens (tertiary/aromatic N) is 2. The first-order valence-electron chi connectivity index (χ1n) is 12.6. The maximum absolute atomic E-state index is 12.8. The number of alkyl halides is 3. The van der Waals surface area contributed by atoms with E-state index in [-0.39, 0.29) is 12.5 Å². The molecule has 1 atom stereocenters. The van der Waals surface area contributed by atoms with E-state index in [2.05, 4.69) is 0 Å². The van der Waals surface area contributed by atoms with Crippen molar-refractivity contribution < 1.29 is 27.8 Å². The molecule has 0 saturated carbocycles. The molecule has 0 spiro atoms. The molecule has 9 heteroatoms. The van der Waals surface area contributed by atoms with E-state index in [1.165, 1.54) is 4.90 Å². The summed E-state index contributed by atoms with van der Waals surface area (Å²) < 4.78 is 43.9. The summed E-state index contributed by atoms with van der Waals surface area (Å²) in [4.78, 5) is 15.9. The predicted octanol–water partition coefficient (Wildman–Crippen LogP) is 5.74. The van der Waals surface area contributed by atoms with Crippen LogP contribution in [0.3, 0.4) is 0 Å². The topological polar surface area (TPSA) is 76.9 Å². The molecule has 2 fully saturated rings. The number of hydrogen-bond acceptors (Lipinski definition) is 4. The Morgan fingerprint density at radius 3 is 2.11 bits per heavy atom. The Bertz CT molecular complexity index is 1120. The van der Waals surface area contributed by atoms with Crippen molar-refractivity contribution in [2.75, 3.05) is 26.2 Å². The van der Waals surface area contributed by atoms with Gasteiger partial charge in [0, 0.05) is 25.2 Å². The molecule has 2 aliphatic heterocycles. The van der Waals surface area contributed by atoms with Gasteiger partial charge in [-0.25, -0.2) is 4.79 Å². The molecule has 2 N–H and O–H groups in total. The number of halogens is 3. The zero-order chi connectivity index (χ0) is 27.0. The van der Waals surface area contributed by atoms with Crippen molar-refractivity contribution >= 4 is 11.9 Å². The average molecular weight is 518 g/mol. The minimum Gasteiger partial charge on any atom is -0.444 e. The lowest BCUT2D eigenvalue weighted by Gasteiger charge is -2.34. The summed E-state index contributed by atoms with van der Waals surface area (Å²) >= 11 is 0. The zero-order valence-electron chi connectivity index (χ0n) is 21.4. The summed E-state index contributed by atoms with van der Waals surface area (Å²) in [5.41, 5.74) is -0.102. The lowest BCUT2D eigenvalue weighted by molar-refractivity contribution is -0.137. The summed E-state index contributed by atoms with van der Waals surface area (Å²) in [5.74, 6) is 0.546. The molecule has 6 nitrogen and oxygen atoms in total. The molecule has 2 heterocycles. The highest BCUT2D eigenvalue weighted by Gasteiger charge is 2.41. The Kier molecular flexibility index (Phi) is 7.29. The first-order chi connectivity index (χ1) is 17.2. The second-order valence-electron chi connectivity index (χ2n) is 11.0. The van der Waals surface area contributed by atoms with E-state index in [4.69, 9.17) is 10.1 Å². The summed E-state index contributed by atoms with van der Waals surface area (Å²) in [6, 6.07) is 12.6. The van der Waals surface area contributed by atoms with Gasteiger partial charge in [0.2, 0.25) is 0 Å². The van der Waals surface area contributed by atoms with Crippen LogP contribution in [0.15, 0.2) is 48.5 Å². The highest BCUT2D eigenvalue weighted by molar-refractivity contribution is 5.96. The lowest BCUT2D eigenvalue weighted by atomic mass is 9.88. The second-order valence-corrected chi connectivity index (χ2v) is 11.0. The van der Waals surface area contributed by atoms with Gasteiger partial charge >= 0.3 is 12.3 Å². The van der Waals surface area contributed by atoms with E-state index in [9.17, 15) is 23.1 Å². The van der Waals surface area contributed by atoms with Crippen molar-refractivity contribution in [1.82, 2.24) is 9.80 Å². The number of piperidine rings is 1. The van der Waals surface area contributed by atoms with Crippen LogP contribution in [0, 0.1) is 5.41 Å². The molecule has 1 unspecified atom stereocenters. The maximum Gasteiger partial charge on any atom is 0.416 e. The Labute approximate surface area is 215 Å². The first-order valence-corrected chi connectivity index (χ1v) is 12.6. The van der Waals surface area contributed by atoms with Gasteiger partial charge in [-0.2, -0.15) is 13.2 Å². The number of amides is 1. The second kappa shape index (κ2) is 10.0. The quantitative estimate of drug-likeness (QED) is 0.402. The van der Waals surface area contributed by atoms with E-state index in [0.29, 0.717) is 37.5 Å². The average Bonchev–Trinajstić information content (AvgIpc) is 3.26. The highest BCUT2D eigenvalue weighted by atomic mass is 19.4. The number of nitrogens with one attached hydrogen (secondary N) is 1. The summed E-state index contributed by atoms with van der Waals surface area (Å²) in [6.45, 7) is 7.24. The Balaban J connectivity index is 1.33. The SMILES string of the molecule is CC(C)(C)OC(=O)N1CCC(O)(c2ccc(C(=N)N3CCC(c4ccc(C(F)(F)F)cc4)CC3)cc2)C1. The van der Waals surface area contributed by atoms with E-state index < -0.39 is 29.0 Å². The first kappa shape index (κ1) is 27.0. The number of likely N-dealkylation sites (tertiary alicyclic amines) is 2. The molecular formula is C28H34F3N3O3. The normalized spacial score (nSPS) is 21.3. The fourth-order valence-electron chi connectivity index (χ4n) is 5.01. The molecule has 0 aliphatic carbocycles. The van der Waals surface area contributed by atoms with Gasteiger partial charge in [-0.3, -0.25) is 5.41 Å². The minimum absolute atomic E-state index is 0.149. The number of rotatable bonds is 3. The molecule has 0 aromatic heterocycles. The van der Waals surface area contributed by atoms with Crippen LogP contribution in [-0.2, 0) is 16.5 Å². The monoisotopic (exact) mass is 517 g/mol. The van der Waals surface area contributed by atoms with E-state index >= 15 is 0 Å². The van der Waals surface area contributed by atoms with Crippen molar-refractivity contribution in [3.05, 3.63) is 70.8 Å². The van der Waals surface area contributed by atoms with Crippen molar-refractivity contribution in [3.8, 4) is 0 Å². The number of hydrogen-bond donors (Lipinski definition) is 2. The van der Waals surface area contributed by atoms with Gasteiger partial charge in [-0.15, -0.1) is 0 Å². The standard InChI is InChI=1S/C28H34F3N3O3/c1-26(2,3)37-25(35)34-17-14-27(36,18-34)22-8-6-21(7-9-22)24(32)33-15-12-20(13-16-33)19-4-10-23(11-5-19)28(29,30)31/h4-11,20,32,36H,12-18H2,1-3H3. The van der Waals surface area contributed by atoms with Gasteiger partial charge in [0.1, 0.15) is 17.0 Å². The maximum atomic E-state index is 12.8. The number of β-amino-alcohol motifs (C(OH)–C–C–N with tert-alkyl or cyclic N) is 1. The molecule has 2 aromatic carbocycles. The smallest absolute Gasteiger partial charge is 0.416 e. The third kappa shape index (κ3) is 6.26. The van der Waals surface area contributed by atoms with Crippen LogP contribution in [0.25, 0.3) is 0 Å². The molecule has 200 valence electrons. The highest BCUT2D eigenvalue weighted by Crippen LogP contribution is 2.35. The van der Waals surface area contributed by atoms with Crippen molar-refractivity contribution in [1.29, 1.82) is 5.41 Å². The summed E-state index contributed by atoms with van der Waals surface area (Å²) in [5, 5.41) is 19.8. The molecule has 4 rings (SSSR count). The van der Waals surface area contributed by atoms with Gasteiger partial charge < -0.3 is 19.6 Å². The van der Waals surface area contributed by atoms with Crippen LogP contribution in [0.4, 0.5) is 18.0 Å². The van der Waals surface area contributed by atoms with Crippen LogP contribution in [0.1, 0.15) is 68.2 Å². The number of ether oxygens (including phenoxy) is 1. The fourth-order valence-corrected chi connectivity index (χ4v) is 5.01. The number of carbonyl (C=O) groups is 1. The summed E-state index contributed by atoms with van der Waals surface area (Å²) in [6.07, 6.45) is -2.86. The van der Waals surface area contributed by atoms with Gasteiger partial charge in [-0.05, 0) is 69.2 Å². The molecule has 1 amide bonds. The molecule has 37 heavy (non-hydrogen) atoms. The lowest BCUT2D eigenvalue weighted by Crippen LogP contribution is -2.38. The predicted molar refractivity (Wildman–Crippen MR) is 135 cm³/mol. The number of carbonyl (C=O) groups excluding carboxylic acids is 1. The Morgan fingerprint density at radius 1 is 0.973 bits per heavy atom. The van der Waals surface area contributed by atoms with Crippen molar-refractivity contribution in [2.45, 2.75) is 63.3 Å². The third-order valence-electron chi connectivity index (χ3n) is 7.12. The molecule has 0 radical (unpaired) electrons. The molecular weight excluding hydrogens is 483 g/mol. The molecule has 2 aromatic rings. The van der Waals surface area contributed by atoms with E-state index in [1.807, 2.05) is 17.0 Å². The number of benzene rings is 2. The van der Waals surface area contributed by atoms with Gasteiger partial charge in [0.05, 0.1) is 12.1 Å². The Morgan fingerprint density at radius 2 is 1.57 bits per heavy atom. The van der Waals surface area contributed by atoms with Crippen molar-refractivity contribution in [2.24, 2.45) is 0 Å². The van der Waals surface area contributed by atoms with Crippen LogP contribution in [-0.4, -0.2) is 58.6 Å². The number of amidine groups is 1. The van der Waals surface area contributed by atoms with E-state index in [0.717, 1.165) is 36.1 Å². The largest absolute Gasteiger partial charge is 0.444 e. The van der Waals surface area contributed by atoms with Crippen LogP contribution in [0.2, 0.25) is 0 Å². The fraction of sp³-hybridized carbons (Fsp3) is 0.500. The van der Waals surface area contributed by atoms with Gasteiger partial charge in [0.25, 0.3) is 0 Å². The molecule has 2 aliphatic rings. The van der Waals surface area contributed by atoms with Gasteiger partial charge in [-0.1, -0.05) is 36.4 Å². The third-order valence-corrected chi connectivity index (χ3v) is 7.12.